The Hall–Kier alpha value is -1.52. The second kappa shape index (κ2) is 4.30. The molecule has 5 nitrogen and oxygen atoms in total. The van der Waals surface area contributed by atoms with Crippen LogP contribution in [0.3, 0.4) is 0 Å². The molecule has 0 saturated heterocycles. The van der Waals surface area contributed by atoms with Gasteiger partial charge in [0.15, 0.2) is 0 Å². The minimum absolute atomic E-state index is 0.0804. The van der Waals surface area contributed by atoms with E-state index in [0.29, 0.717) is 13.0 Å². The Balaban J connectivity index is 2.16. The third kappa shape index (κ3) is 2.49. The molecule has 0 unspecified atom stereocenters. The molecule has 1 amide bonds. The number of amides is 1. The molecular formula is C13H20N2O3. The minimum atomic E-state index is -0.471. The first kappa shape index (κ1) is 12.9. The average Bonchev–Trinajstić information content (AvgIpc) is 2.56. The number of aromatic nitrogens is 1. The van der Waals surface area contributed by atoms with E-state index in [4.69, 9.17) is 9.26 Å². The van der Waals surface area contributed by atoms with Crippen LogP contribution in [0.1, 0.15) is 44.7 Å². The van der Waals surface area contributed by atoms with Crippen molar-refractivity contribution in [2.75, 3.05) is 0 Å². The summed E-state index contributed by atoms with van der Waals surface area (Å²) in [6, 6.07) is 0.0804. The van der Waals surface area contributed by atoms with Crippen LogP contribution in [0, 0.1) is 6.92 Å². The Morgan fingerprint density at radius 3 is 2.78 bits per heavy atom. The molecule has 0 aliphatic carbocycles. The fraction of sp³-hybridized carbons (Fsp3) is 0.692. The molecule has 0 radical (unpaired) electrons. The van der Waals surface area contributed by atoms with Crippen LogP contribution in [0.25, 0.3) is 0 Å². The molecule has 2 rings (SSSR count). The summed E-state index contributed by atoms with van der Waals surface area (Å²) in [6.07, 6.45) is 0.438. The summed E-state index contributed by atoms with van der Waals surface area (Å²) >= 11 is 0. The molecule has 1 aromatic heterocycles. The van der Waals surface area contributed by atoms with E-state index in [0.717, 1.165) is 17.0 Å². The summed E-state index contributed by atoms with van der Waals surface area (Å²) in [7, 11) is 0. The summed E-state index contributed by atoms with van der Waals surface area (Å²) in [5, 5.41) is 4.02. The van der Waals surface area contributed by atoms with E-state index in [9.17, 15) is 4.79 Å². The van der Waals surface area contributed by atoms with Gasteiger partial charge in [-0.15, -0.1) is 0 Å². The zero-order valence-electron chi connectivity index (χ0n) is 11.6. The van der Waals surface area contributed by atoms with Crippen LogP contribution >= 0.6 is 0 Å². The van der Waals surface area contributed by atoms with Gasteiger partial charge in [0.2, 0.25) is 0 Å². The largest absolute Gasteiger partial charge is 0.444 e. The Morgan fingerprint density at radius 1 is 1.50 bits per heavy atom. The monoisotopic (exact) mass is 252 g/mol. The summed E-state index contributed by atoms with van der Waals surface area (Å²) < 4.78 is 10.6. The molecule has 100 valence electrons. The Kier molecular flexibility index (Phi) is 3.09. The quantitative estimate of drug-likeness (QED) is 0.712. The van der Waals surface area contributed by atoms with Crippen molar-refractivity contribution in [3.05, 3.63) is 17.0 Å². The number of hydrogen-bond acceptors (Lipinski definition) is 4. The second-order valence-electron chi connectivity index (χ2n) is 5.83. The van der Waals surface area contributed by atoms with Crippen molar-refractivity contribution < 1.29 is 14.1 Å². The number of ether oxygens (including phenoxy) is 1. The highest BCUT2D eigenvalue weighted by molar-refractivity contribution is 5.69. The van der Waals surface area contributed by atoms with Crippen molar-refractivity contribution in [3.63, 3.8) is 0 Å². The molecule has 18 heavy (non-hydrogen) atoms. The van der Waals surface area contributed by atoms with Crippen molar-refractivity contribution >= 4 is 6.09 Å². The summed E-state index contributed by atoms with van der Waals surface area (Å²) in [6.45, 7) is 9.99. The van der Waals surface area contributed by atoms with E-state index in [2.05, 4.69) is 5.16 Å². The first-order chi connectivity index (χ1) is 8.28. The molecule has 0 aromatic carbocycles. The highest BCUT2D eigenvalue weighted by Gasteiger charge is 2.33. The molecule has 1 atom stereocenters. The van der Waals surface area contributed by atoms with E-state index >= 15 is 0 Å². The maximum Gasteiger partial charge on any atom is 0.410 e. The smallest absolute Gasteiger partial charge is 0.410 e. The molecule has 0 saturated carbocycles. The van der Waals surface area contributed by atoms with E-state index < -0.39 is 5.60 Å². The van der Waals surface area contributed by atoms with Crippen molar-refractivity contribution in [3.8, 4) is 0 Å². The lowest BCUT2D eigenvalue weighted by molar-refractivity contribution is 0.0137. The molecule has 2 heterocycles. The van der Waals surface area contributed by atoms with Crippen LogP contribution in [-0.2, 0) is 17.7 Å². The van der Waals surface area contributed by atoms with Crippen LogP contribution in [0.4, 0.5) is 4.79 Å². The van der Waals surface area contributed by atoms with E-state index in [1.165, 1.54) is 0 Å². The van der Waals surface area contributed by atoms with Gasteiger partial charge in [-0.05, 0) is 34.6 Å². The molecule has 5 heteroatoms. The number of fused-ring (bicyclic) bond motifs is 1. The van der Waals surface area contributed by atoms with Crippen LogP contribution < -0.4 is 0 Å². The third-order valence-corrected chi connectivity index (χ3v) is 3.04. The van der Waals surface area contributed by atoms with Crippen LogP contribution in [0.2, 0.25) is 0 Å². The fourth-order valence-electron chi connectivity index (χ4n) is 2.08. The number of carbonyl (C=O) groups is 1. The van der Waals surface area contributed by atoms with E-state index in [-0.39, 0.29) is 12.1 Å². The summed E-state index contributed by atoms with van der Waals surface area (Å²) in [5.74, 6) is 0.783. The van der Waals surface area contributed by atoms with Gasteiger partial charge in [0, 0.05) is 18.0 Å². The highest BCUT2D eigenvalue weighted by Crippen LogP contribution is 2.26. The minimum Gasteiger partial charge on any atom is -0.444 e. The molecule has 0 bridgehead atoms. The van der Waals surface area contributed by atoms with Crippen molar-refractivity contribution in [1.82, 2.24) is 10.1 Å². The van der Waals surface area contributed by atoms with Gasteiger partial charge >= 0.3 is 6.09 Å². The molecule has 1 aliphatic rings. The Bertz CT molecular complexity index is 459. The van der Waals surface area contributed by atoms with Gasteiger partial charge < -0.3 is 14.2 Å². The fourth-order valence-corrected chi connectivity index (χ4v) is 2.08. The Labute approximate surface area is 107 Å². The van der Waals surface area contributed by atoms with E-state index in [1.807, 2.05) is 34.6 Å². The standard InChI is InChI=1S/C13H20N2O3/c1-8-6-11-10(9(2)18-14-11)7-15(8)12(16)17-13(3,4)5/h8H,6-7H2,1-5H3/t8-/m0/s1. The van der Waals surface area contributed by atoms with Gasteiger partial charge in [0.05, 0.1) is 12.2 Å². The molecule has 1 aromatic rings. The average molecular weight is 252 g/mol. The number of hydrogen-bond donors (Lipinski definition) is 0. The normalized spacial score (nSPS) is 19.6. The van der Waals surface area contributed by atoms with Crippen LogP contribution in [0.5, 0.6) is 0 Å². The number of nitrogens with zero attached hydrogens (tertiary/aromatic N) is 2. The highest BCUT2D eigenvalue weighted by atomic mass is 16.6. The van der Waals surface area contributed by atoms with Crippen LogP contribution in [-0.4, -0.2) is 27.8 Å². The predicted octanol–water partition coefficient (Wildman–Crippen LogP) is 2.66. The summed E-state index contributed by atoms with van der Waals surface area (Å²) in [4.78, 5) is 13.9. The van der Waals surface area contributed by atoms with E-state index in [1.54, 1.807) is 4.90 Å². The zero-order chi connectivity index (χ0) is 13.5. The second-order valence-corrected chi connectivity index (χ2v) is 5.83. The number of rotatable bonds is 0. The maximum absolute atomic E-state index is 12.1. The number of carbonyl (C=O) groups excluding carboxylic acids is 1. The lowest BCUT2D eigenvalue weighted by Crippen LogP contribution is -2.45. The summed E-state index contributed by atoms with van der Waals surface area (Å²) in [5.41, 5.74) is 1.50. The lowest BCUT2D eigenvalue weighted by Gasteiger charge is -2.34. The first-order valence-electron chi connectivity index (χ1n) is 6.21. The van der Waals surface area contributed by atoms with Gasteiger partial charge in [-0.25, -0.2) is 4.79 Å². The predicted molar refractivity (Wildman–Crippen MR) is 66.2 cm³/mol. The first-order valence-corrected chi connectivity index (χ1v) is 6.21. The van der Waals surface area contributed by atoms with Gasteiger partial charge in [0.1, 0.15) is 11.4 Å². The van der Waals surface area contributed by atoms with Crippen LogP contribution in [0.15, 0.2) is 4.52 Å². The molecule has 0 N–H and O–H groups in total. The lowest BCUT2D eigenvalue weighted by atomic mass is 10.0. The molecule has 1 aliphatic heterocycles. The van der Waals surface area contributed by atoms with Gasteiger partial charge in [-0.1, -0.05) is 5.16 Å². The molecular weight excluding hydrogens is 232 g/mol. The SMILES string of the molecule is Cc1onc2c1CN(C(=O)OC(C)(C)C)[C@@H](C)C2. The third-order valence-electron chi connectivity index (χ3n) is 3.04. The zero-order valence-corrected chi connectivity index (χ0v) is 11.6. The van der Waals surface area contributed by atoms with Crippen molar-refractivity contribution in [1.29, 1.82) is 0 Å². The molecule has 0 fully saturated rings. The maximum atomic E-state index is 12.1. The topological polar surface area (TPSA) is 55.6 Å². The van der Waals surface area contributed by atoms with Gasteiger partial charge in [-0.2, -0.15) is 0 Å². The van der Waals surface area contributed by atoms with Crippen molar-refractivity contribution in [2.24, 2.45) is 0 Å². The molecule has 0 spiro atoms. The van der Waals surface area contributed by atoms with Gasteiger partial charge in [0.25, 0.3) is 0 Å². The van der Waals surface area contributed by atoms with Gasteiger partial charge in [-0.3, -0.25) is 0 Å². The number of aryl methyl sites for hydroxylation is 1. The van der Waals surface area contributed by atoms with Crippen molar-refractivity contribution in [2.45, 2.75) is 59.2 Å². The Morgan fingerprint density at radius 2 is 2.17 bits per heavy atom.